The molecular formula is C30H32N6O3S. The maximum Gasteiger partial charge on any atom is 0.296 e. The molecular weight excluding hydrogens is 524 g/mol. The maximum absolute atomic E-state index is 12.0. The molecule has 0 aliphatic carbocycles. The number of aryl methyl sites for hydroxylation is 1. The van der Waals surface area contributed by atoms with Gasteiger partial charge in [0.25, 0.3) is 5.69 Å². The van der Waals surface area contributed by atoms with Crippen molar-refractivity contribution in [3.05, 3.63) is 112 Å². The third-order valence-corrected chi connectivity index (χ3v) is 7.64. The fourth-order valence-electron chi connectivity index (χ4n) is 5.45. The average Bonchev–Trinajstić information content (AvgIpc) is 3.45. The van der Waals surface area contributed by atoms with Crippen LogP contribution in [0.1, 0.15) is 41.1 Å². The molecule has 1 aliphatic rings. The summed E-state index contributed by atoms with van der Waals surface area (Å²) < 4.78 is 7.20. The van der Waals surface area contributed by atoms with Crippen LogP contribution in [0.5, 0.6) is 5.75 Å². The fourth-order valence-corrected chi connectivity index (χ4v) is 5.78. The molecule has 2 aromatic heterocycles. The number of ether oxygens (including phenoxy) is 1. The van der Waals surface area contributed by atoms with Gasteiger partial charge in [0.2, 0.25) is 0 Å². The summed E-state index contributed by atoms with van der Waals surface area (Å²) in [5, 5.41) is 19.7. The number of anilines is 1. The zero-order valence-corrected chi connectivity index (χ0v) is 23.5. The zero-order chi connectivity index (χ0) is 28.2. The van der Waals surface area contributed by atoms with Crippen LogP contribution in [0.4, 0.5) is 11.4 Å². The highest BCUT2D eigenvalue weighted by atomic mass is 32.1. The number of methoxy groups -OCH3 is 1. The summed E-state index contributed by atoms with van der Waals surface area (Å²) in [7, 11) is 1.50. The first-order chi connectivity index (χ1) is 19.4. The Morgan fingerprint density at radius 3 is 2.58 bits per heavy atom. The molecule has 40 heavy (non-hydrogen) atoms. The second kappa shape index (κ2) is 11.7. The van der Waals surface area contributed by atoms with E-state index in [0.717, 1.165) is 47.8 Å². The molecule has 2 atom stereocenters. The number of aromatic nitrogens is 2. The molecule has 0 radical (unpaired) electrons. The number of pyridine rings is 1. The number of para-hydroxylation sites is 1. The summed E-state index contributed by atoms with van der Waals surface area (Å²) in [5.41, 5.74) is 5.30. The first-order valence-electron chi connectivity index (χ1n) is 13.2. The molecule has 4 aromatic rings. The first kappa shape index (κ1) is 27.1. The Kier molecular flexibility index (Phi) is 7.97. The van der Waals surface area contributed by atoms with Crippen molar-refractivity contribution in [3.8, 4) is 11.4 Å². The van der Waals surface area contributed by atoms with Crippen molar-refractivity contribution in [3.63, 3.8) is 0 Å². The summed E-state index contributed by atoms with van der Waals surface area (Å²) in [6.07, 6.45) is 2.65. The minimum atomic E-state index is -0.370. The number of hydrogen-bond acceptors (Lipinski definition) is 6. The predicted molar refractivity (Wildman–Crippen MR) is 160 cm³/mol. The standard InChI is InChI=1S/C30H32N6O3S/c1-20-18-24(21(2)35(20)26-14-13-23(39-3)19-27(26)36(37)38)29-28(25-12-7-8-15-32-25)33-30(40)34(29)17-9-16-31-22-10-5-4-6-11-22/h4-8,10-15,18-19,28-29,31H,9,16-17H2,1-3H3,(H,33,40)/t28-,29+/m1/s1. The van der Waals surface area contributed by atoms with Crippen molar-refractivity contribution in [2.24, 2.45) is 0 Å². The molecule has 5 rings (SSSR count). The van der Waals surface area contributed by atoms with E-state index in [2.05, 4.69) is 38.7 Å². The zero-order valence-electron chi connectivity index (χ0n) is 22.7. The van der Waals surface area contributed by atoms with E-state index in [9.17, 15) is 10.1 Å². The van der Waals surface area contributed by atoms with Crippen molar-refractivity contribution >= 4 is 28.7 Å². The highest BCUT2D eigenvalue weighted by Crippen LogP contribution is 2.42. The minimum absolute atomic E-state index is 0.0158. The van der Waals surface area contributed by atoms with E-state index < -0.39 is 0 Å². The summed E-state index contributed by atoms with van der Waals surface area (Å²) in [5.74, 6) is 0.439. The number of hydrogen-bond donors (Lipinski definition) is 2. The van der Waals surface area contributed by atoms with Gasteiger partial charge < -0.3 is 24.8 Å². The molecule has 3 heterocycles. The normalized spacial score (nSPS) is 16.6. The van der Waals surface area contributed by atoms with Gasteiger partial charge in [-0.2, -0.15) is 0 Å². The lowest BCUT2D eigenvalue weighted by Crippen LogP contribution is -2.31. The molecule has 0 amide bonds. The highest BCUT2D eigenvalue weighted by molar-refractivity contribution is 7.80. The Hall–Kier alpha value is -4.44. The van der Waals surface area contributed by atoms with E-state index >= 15 is 0 Å². The van der Waals surface area contributed by atoms with Crippen LogP contribution in [-0.4, -0.2) is 44.7 Å². The number of nitro benzene ring substituents is 1. The van der Waals surface area contributed by atoms with Crippen LogP contribution in [0.25, 0.3) is 5.69 Å². The second-order valence-corrected chi connectivity index (χ2v) is 10.1. The van der Waals surface area contributed by atoms with Crippen molar-refractivity contribution in [1.82, 2.24) is 19.8 Å². The van der Waals surface area contributed by atoms with Gasteiger partial charge in [-0.1, -0.05) is 24.3 Å². The van der Waals surface area contributed by atoms with Crippen LogP contribution >= 0.6 is 12.2 Å². The van der Waals surface area contributed by atoms with Gasteiger partial charge in [-0.05, 0) is 80.5 Å². The van der Waals surface area contributed by atoms with Gasteiger partial charge >= 0.3 is 0 Å². The smallest absolute Gasteiger partial charge is 0.296 e. The average molecular weight is 557 g/mol. The third-order valence-electron chi connectivity index (χ3n) is 7.29. The monoisotopic (exact) mass is 556 g/mol. The van der Waals surface area contributed by atoms with E-state index in [1.165, 1.54) is 13.2 Å². The number of thiocarbonyl (C=S) groups is 1. The van der Waals surface area contributed by atoms with Crippen LogP contribution < -0.4 is 15.4 Å². The Bertz CT molecular complexity index is 1510. The molecule has 1 aliphatic heterocycles. The van der Waals surface area contributed by atoms with Gasteiger partial charge in [0.15, 0.2) is 5.11 Å². The van der Waals surface area contributed by atoms with Crippen LogP contribution in [0.15, 0.2) is 79.0 Å². The lowest BCUT2D eigenvalue weighted by atomic mass is 9.96. The number of nitrogens with one attached hydrogen (secondary N) is 2. The molecule has 2 aromatic carbocycles. The van der Waals surface area contributed by atoms with E-state index in [1.807, 2.05) is 54.8 Å². The van der Waals surface area contributed by atoms with Crippen LogP contribution in [0.2, 0.25) is 0 Å². The second-order valence-electron chi connectivity index (χ2n) is 9.74. The number of benzene rings is 2. The van der Waals surface area contributed by atoms with Crippen LogP contribution in [0, 0.1) is 24.0 Å². The van der Waals surface area contributed by atoms with E-state index in [4.69, 9.17) is 17.0 Å². The lowest BCUT2D eigenvalue weighted by Gasteiger charge is -2.28. The molecule has 0 bridgehead atoms. The molecule has 0 spiro atoms. The largest absolute Gasteiger partial charge is 0.496 e. The molecule has 0 unspecified atom stereocenters. The Labute approximate surface area is 239 Å². The van der Waals surface area contributed by atoms with E-state index in [0.29, 0.717) is 16.5 Å². The molecule has 1 saturated heterocycles. The molecule has 2 N–H and O–H groups in total. The quantitative estimate of drug-likeness (QED) is 0.108. The van der Waals surface area contributed by atoms with Crippen molar-refractivity contribution in [2.45, 2.75) is 32.4 Å². The number of rotatable bonds is 10. The van der Waals surface area contributed by atoms with Gasteiger partial charge in [0.05, 0.1) is 35.9 Å². The molecule has 206 valence electrons. The van der Waals surface area contributed by atoms with Gasteiger partial charge in [-0.3, -0.25) is 15.1 Å². The van der Waals surface area contributed by atoms with Gasteiger partial charge in [-0.15, -0.1) is 0 Å². The Morgan fingerprint density at radius 1 is 1.10 bits per heavy atom. The van der Waals surface area contributed by atoms with Crippen molar-refractivity contribution in [1.29, 1.82) is 0 Å². The predicted octanol–water partition coefficient (Wildman–Crippen LogP) is 5.88. The summed E-state index contributed by atoms with van der Waals surface area (Å²) in [6.45, 7) is 5.49. The van der Waals surface area contributed by atoms with Crippen LogP contribution in [0.3, 0.4) is 0 Å². The van der Waals surface area contributed by atoms with E-state index in [-0.39, 0.29) is 22.7 Å². The molecule has 1 fully saturated rings. The summed E-state index contributed by atoms with van der Waals surface area (Å²) >= 11 is 5.85. The Morgan fingerprint density at radius 2 is 1.88 bits per heavy atom. The molecule has 10 heteroatoms. The van der Waals surface area contributed by atoms with Gasteiger partial charge in [0, 0.05) is 36.4 Å². The van der Waals surface area contributed by atoms with Crippen molar-refractivity contribution in [2.75, 3.05) is 25.5 Å². The van der Waals surface area contributed by atoms with Gasteiger partial charge in [0.1, 0.15) is 11.4 Å². The highest BCUT2D eigenvalue weighted by Gasteiger charge is 2.41. The molecule has 0 saturated carbocycles. The fraction of sp³-hybridized carbons (Fsp3) is 0.267. The van der Waals surface area contributed by atoms with Crippen LogP contribution in [-0.2, 0) is 0 Å². The lowest BCUT2D eigenvalue weighted by molar-refractivity contribution is -0.384. The van der Waals surface area contributed by atoms with Crippen molar-refractivity contribution < 1.29 is 9.66 Å². The van der Waals surface area contributed by atoms with Gasteiger partial charge in [-0.25, -0.2) is 0 Å². The summed E-state index contributed by atoms with van der Waals surface area (Å²) in [4.78, 5) is 18.5. The number of nitro groups is 1. The SMILES string of the molecule is COc1ccc(-n2c(C)cc([C@H]3[C@@H](c4ccccn4)NC(=S)N3CCCNc3ccccc3)c2C)c([N+](=O)[O-])c1. The third kappa shape index (κ3) is 5.35. The summed E-state index contributed by atoms with van der Waals surface area (Å²) in [6, 6.07) is 22.7. The maximum atomic E-state index is 12.0. The van der Waals surface area contributed by atoms with E-state index in [1.54, 1.807) is 18.3 Å². The number of nitrogens with zero attached hydrogens (tertiary/aromatic N) is 4. The molecule has 9 nitrogen and oxygen atoms in total. The minimum Gasteiger partial charge on any atom is -0.496 e. The first-order valence-corrected chi connectivity index (χ1v) is 13.6. The topological polar surface area (TPSA) is 97.5 Å². The Balaban J connectivity index is 1.50.